The molecule has 292 valence electrons. The van der Waals surface area contributed by atoms with Gasteiger partial charge in [0.05, 0.1) is 31.2 Å². The minimum atomic E-state index is -4.79. The Morgan fingerprint density at radius 3 is 2.37 bits per heavy atom. The number of halogens is 4. The lowest BCUT2D eigenvalue weighted by Crippen LogP contribution is -2.40. The van der Waals surface area contributed by atoms with Gasteiger partial charge in [0, 0.05) is 29.9 Å². The highest BCUT2D eigenvalue weighted by atomic mass is 19.4. The molecule has 4 rings (SSSR count). The SMILES string of the molecule is C=CCCOc1cc(C2CC2)cc(C)c1-c1cc(C)c(F)c([C@H](CC(=O)OCC)NC(=O)[C@H](CCC=C)n2cc(CCN(C)C)c(C(F)(F)F)cc2=O)c1. The van der Waals surface area contributed by atoms with Crippen molar-refractivity contribution < 1.29 is 36.6 Å². The molecule has 0 spiro atoms. The summed E-state index contributed by atoms with van der Waals surface area (Å²) in [6.07, 6.45) is 2.09. The van der Waals surface area contributed by atoms with Gasteiger partial charge >= 0.3 is 12.1 Å². The number of alkyl halides is 3. The van der Waals surface area contributed by atoms with Crippen LogP contribution in [-0.4, -0.2) is 55.2 Å². The van der Waals surface area contributed by atoms with Crippen molar-refractivity contribution in [2.24, 2.45) is 0 Å². The summed E-state index contributed by atoms with van der Waals surface area (Å²) >= 11 is 0. The fourth-order valence-corrected chi connectivity index (χ4v) is 6.57. The summed E-state index contributed by atoms with van der Waals surface area (Å²) in [5.74, 6) is -1.08. The number of allylic oxidation sites excluding steroid dienone is 1. The molecule has 1 saturated carbocycles. The summed E-state index contributed by atoms with van der Waals surface area (Å²) < 4.78 is 70.9. The molecule has 0 bridgehead atoms. The number of nitrogens with one attached hydrogen (secondary N) is 1. The summed E-state index contributed by atoms with van der Waals surface area (Å²) in [6.45, 7) is 13.3. The van der Waals surface area contributed by atoms with Crippen molar-refractivity contribution in [3.63, 3.8) is 0 Å². The Hall–Kier alpha value is -4.71. The number of rotatable bonds is 19. The first-order valence-corrected chi connectivity index (χ1v) is 18.3. The number of ether oxygens (including phenoxy) is 2. The molecular formula is C42H51F4N3O5. The third-order valence-corrected chi connectivity index (χ3v) is 9.47. The van der Waals surface area contributed by atoms with Gasteiger partial charge in [0.15, 0.2) is 0 Å². The zero-order valence-corrected chi connectivity index (χ0v) is 31.8. The van der Waals surface area contributed by atoms with Gasteiger partial charge in [0.2, 0.25) is 5.91 Å². The largest absolute Gasteiger partial charge is 0.493 e. The highest BCUT2D eigenvalue weighted by molar-refractivity contribution is 5.82. The van der Waals surface area contributed by atoms with Crippen molar-refractivity contribution in [3.05, 3.63) is 111 Å². The molecule has 54 heavy (non-hydrogen) atoms. The van der Waals surface area contributed by atoms with E-state index in [0.29, 0.717) is 36.3 Å². The first-order valence-electron chi connectivity index (χ1n) is 18.3. The van der Waals surface area contributed by atoms with Crippen molar-refractivity contribution >= 4 is 11.9 Å². The zero-order valence-electron chi connectivity index (χ0n) is 31.8. The van der Waals surface area contributed by atoms with Crippen LogP contribution in [0.3, 0.4) is 0 Å². The Kier molecular flexibility index (Phi) is 14.4. The van der Waals surface area contributed by atoms with Crippen LogP contribution in [0.5, 0.6) is 5.75 Å². The van der Waals surface area contributed by atoms with E-state index in [1.54, 1.807) is 51.1 Å². The molecular weight excluding hydrogens is 702 g/mol. The van der Waals surface area contributed by atoms with Crippen molar-refractivity contribution in [2.45, 2.75) is 89.9 Å². The molecule has 3 aromatic rings. The molecule has 0 aliphatic heterocycles. The second kappa shape index (κ2) is 18.6. The minimum Gasteiger partial charge on any atom is -0.493 e. The van der Waals surface area contributed by atoms with Gasteiger partial charge in [-0.1, -0.05) is 18.2 Å². The first kappa shape index (κ1) is 42.0. The molecule has 0 unspecified atom stereocenters. The van der Waals surface area contributed by atoms with Gasteiger partial charge < -0.3 is 24.3 Å². The van der Waals surface area contributed by atoms with Crippen LogP contribution in [-0.2, 0) is 26.9 Å². The van der Waals surface area contributed by atoms with Gasteiger partial charge in [0.1, 0.15) is 17.6 Å². The van der Waals surface area contributed by atoms with E-state index in [2.05, 4.69) is 24.5 Å². The number of hydrogen-bond acceptors (Lipinski definition) is 6. The fourth-order valence-electron chi connectivity index (χ4n) is 6.57. The number of hydrogen-bond donors (Lipinski definition) is 1. The Balaban J connectivity index is 1.83. The summed E-state index contributed by atoms with van der Waals surface area (Å²) in [6, 6.07) is 5.30. The minimum absolute atomic E-state index is 0.000649. The number of aryl methyl sites for hydroxylation is 2. The normalized spacial score (nSPS) is 14.0. The second-order valence-electron chi connectivity index (χ2n) is 14.1. The van der Waals surface area contributed by atoms with Crippen molar-refractivity contribution in [1.29, 1.82) is 0 Å². The zero-order chi connectivity index (χ0) is 39.7. The standard InChI is InChI=1S/C42H51F4N3O5/c1-8-11-13-35(49-25-29(16-17-48(6)7)33(23-37(49)50)42(44,45)46)41(52)47-34(24-38(51)53-10-3)32-21-31(20-27(5)40(32)43)39-26(4)19-30(28-14-15-28)22-36(39)54-18-12-9-2/h8-9,19-23,25,28,34-35H,1-2,10-18,24H2,3-7H3,(H,47,52)/t34-,35-/m0/s1. The third-order valence-electron chi connectivity index (χ3n) is 9.47. The molecule has 12 heteroatoms. The van der Waals surface area contributed by atoms with E-state index in [1.165, 1.54) is 6.08 Å². The Labute approximate surface area is 314 Å². The quantitative estimate of drug-likeness (QED) is 0.0572. The van der Waals surface area contributed by atoms with E-state index < -0.39 is 53.5 Å². The number of carbonyl (C=O) groups is 2. The van der Waals surface area contributed by atoms with Crippen LogP contribution < -0.4 is 15.6 Å². The van der Waals surface area contributed by atoms with Crippen LogP contribution in [0.25, 0.3) is 11.1 Å². The molecule has 2 aromatic carbocycles. The first-order chi connectivity index (χ1) is 25.6. The van der Waals surface area contributed by atoms with Crippen LogP contribution in [0.15, 0.2) is 66.6 Å². The average Bonchev–Trinajstić information content (AvgIpc) is 3.95. The number of carbonyl (C=O) groups excluding carboxylic acids is 2. The van der Waals surface area contributed by atoms with Gasteiger partial charge in [-0.05, 0) is 125 Å². The molecule has 1 aromatic heterocycles. The smallest absolute Gasteiger partial charge is 0.416 e. The highest BCUT2D eigenvalue weighted by Crippen LogP contribution is 2.45. The van der Waals surface area contributed by atoms with E-state index >= 15 is 4.39 Å². The number of esters is 1. The maximum atomic E-state index is 16.3. The predicted molar refractivity (Wildman–Crippen MR) is 202 cm³/mol. The molecule has 1 fully saturated rings. The predicted octanol–water partition coefficient (Wildman–Crippen LogP) is 8.54. The van der Waals surface area contributed by atoms with Gasteiger partial charge in [-0.15, -0.1) is 13.2 Å². The van der Waals surface area contributed by atoms with Crippen molar-refractivity contribution in [2.75, 3.05) is 33.9 Å². The van der Waals surface area contributed by atoms with Crippen molar-refractivity contribution in [3.8, 4) is 16.9 Å². The lowest BCUT2D eigenvalue weighted by molar-refractivity contribution is -0.144. The lowest BCUT2D eigenvalue weighted by Gasteiger charge is -2.26. The van der Waals surface area contributed by atoms with E-state index in [-0.39, 0.29) is 49.1 Å². The van der Waals surface area contributed by atoms with Crippen LogP contribution in [0.2, 0.25) is 0 Å². The van der Waals surface area contributed by atoms with Crippen LogP contribution >= 0.6 is 0 Å². The monoisotopic (exact) mass is 753 g/mol. The number of benzene rings is 2. The molecule has 1 N–H and O–H groups in total. The summed E-state index contributed by atoms with van der Waals surface area (Å²) in [5.41, 5.74) is 1.41. The van der Waals surface area contributed by atoms with Crippen LogP contribution in [0.1, 0.15) is 96.8 Å². The second-order valence-corrected chi connectivity index (χ2v) is 14.1. The molecule has 0 saturated heterocycles. The van der Waals surface area contributed by atoms with Crippen LogP contribution in [0, 0.1) is 19.7 Å². The summed E-state index contributed by atoms with van der Waals surface area (Å²) in [7, 11) is 3.43. The van der Waals surface area contributed by atoms with E-state index in [0.717, 1.165) is 40.3 Å². The highest BCUT2D eigenvalue weighted by Gasteiger charge is 2.36. The number of aromatic nitrogens is 1. The molecule has 1 aliphatic rings. The average molecular weight is 754 g/mol. The molecule has 2 atom stereocenters. The number of amides is 1. The molecule has 1 aliphatic carbocycles. The lowest BCUT2D eigenvalue weighted by atomic mass is 9.90. The Morgan fingerprint density at radius 1 is 1.06 bits per heavy atom. The molecule has 0 radical (unpaired) electrons. The van der Waals surface area contributed by atoms with Gasteiger partial charge in [-0.3, -0.25) is 14.4 Å². The maximum Gasteiger partial charge on any atom is 0.416 e. The summed E-state index contributed by atoms with van der Waals surface area (Å²) in [4.78, 5) is 42.3. The molecule has 1 amide bonds. The topological polar surface area (TPSA) is 89.9 Å². The number of pyridine rings is 1. The number of likely N-dealkylation sites (N-methyl/N-ethyl adjacent to an activating group) is 1. The molecule has 1 heterocycles. The van der Waals surface area contributed by atoms with E-state index in [1.807, 2.05) is 13.0 Å². The van der Waals surface area contributed by atoms with Gasteiger partial charge in [-0.25, -0.2) is 4.39 Å². The Bertz CT molecular complexity index is 1900. The van der Waals surface area contributed by atoms with E-state index in [9.17, 15) is 27.6 Å². The van der Waals surface area contributed by atoms with Crippen molar-refractivity contribution in [1.82, 2.24) is 14.8 Å². The maximum absolute atomic E-state index is 16.3. The van der Waals surface area contributed by atoms with E-state index in [4.69, 9.17) is 9.47 Å². The molecule has 8 nitrogen and oxygen atoms in total. The fraction of sp³-hybridized carbons (Fsp3) is 0.452. The third kappa shape index (κ3) is 10.7. The van der Waals surface area contributed by atoms with Gasteiger partial charge in [0.25, 0.3) is 5.56 Å². The van der Waals surface area contributed by atoms with Gasteiger partial charge in [-0.2, -0.15) is 13.2 Å². The van der Waals surface area contributed by atoms with Crippen LogP contribution in [0.4, 0.5) is 17.6 Å². The number of nitrogens with zero attached hydrogens (tertiary/aromatic N) is 2. The Morgan fingerprint density at radius 2 is 1.76 bits per heavy atom. The summed E-state index contributed by atoms with van der Waals surface area (Å²) in [5, 5.41) is 2.78.